The van der Waals surface area contributed by atoms with Gasteiger partial charge in [-0.2, -0.15) is 0 Å². The van der Waals surface area contributed by atoms with E-state index < -0.39 is 5.60 Å². The summed E-state index contributed by atoms with van der Waals surface area (Å²) in [6.45, 7) is 4.35. The van der Waals surface area contributed by atoms with Crippen molar-refractivity contribution in [3.05, 3.63) is 0 Å². The van der Waals surface area contributed by atoms with Crippen LogP contribution in [0.3, 0.4) is 0 Å². The average Bonchev–Trinajstić information content (AvgIpc) is 2.22. The fraction of sp³-hybridized carbons (Fsp3) is 0.889. The molecule has 0 aromatic carbocycles. The largest absolute Gasteiger partial charge is 0.382 e. The standard InChI is InChI=1S/C9H19NO4/c1-5-9(2,13-4)8(11)10-14-7-6-12-3/h5-7H2,1-4H3,(H,10,11). The molecule has 0 aromatic rings. The highest BCUT2D eigenvalue weighted by atomic mass is 16.7. The Morgan fingerprint density at radius 1 is 1.36 bits per heavy atom. The third-order valence-electron chi connectivity index (χ3n) is 2.16. The van der Waals surface area contributed by atoms with Crippen molar-refractivity contribution < 1.29 is 19.1 Å². The van der Waals surface area contributed by atoms with Crippen molar-refractivity contribution in [1.82, 2.24) is 5.48 Å². The normalized spacial score (nSPS) is 14.9. The van der Waals surface area contributed by atoms with E-state index in [1.54, 1.807) is 14.0 Å². The molecule has 0 aliphatic rings. The summed E-state index contributed by atoms with van der Waals surface area (Å²) in [7, 11) is 3.06. The van der Waals surface area contributed by atoms with Gasteiger partial charge in [-0.25, -0.2) is 5.48 Å². The van der Waals surface area contributed by atoms with E-state index in [1.165, 1.54) is 7.11 Å². The molecule has 1 atom stereocenters. The third-order valence-corrected chi connectivity index (χ3v) is 2.16. The van der Waals surface area contributed by atoms with Crippen LogP contribution < -0.4 is 5.48 Å². The lowest BCUT2D eigenvalue weighted by Gasteiger charge is -2.24. The molecule has 0 radical (unpaired) electrons. The van der Waals surface area contributed by atoms with E-state index in [9.17, 15) is 4.79 Å². The molecule has 0 aliphatic carbocycles. The Balaban J connectivity index is 3.82. The molecule has 0 rings (SSSR count). The number of nitrogens with one attached hydrogen (secondary N) is 1. The maximum absolute atomic E-state index is 11.5. The molecule has 0 fully saturated rings. The van der Waals surface area contributed by atoms with E-state index in [0.29, 0.717) is 19.6 Å². The number of ether oxygens (including phenoxy) is 2. The first-order chi connectivity index (χ1) is 6.60. The van der Waals surface area contributed by atoms with E-state index in [1.807, 2.05) is 6.92 Å². The molecule has 0 aliphatic heterocycles. The summed E-state index contributed by atoms with van der Waals surface area (Å²) in [5, 5.41) is 0. The van der Waals surface area contributed by atoms with Crippen molar-refractivity contribution in [3.8, 4) is 0 Å². The summed E-state index contributed by atoms with van der Waals surface area (Å²) in [6, 6.07) is 0. The van der Waals surface area contributed by atoms with Crippen molar-refractivity contribution in [2.45, 2.75) is 25.9 Å². The molecule has 0 spiro atoms. The van der Waals surface area contributed by atoms with Crippen LogP contribution in [0.5, 0.6) is 0 Å². The fourth-order valence-corrected chi connectivity index (χ4v) is 0.747. The summed E-state index contributed by atoms with van der Waals surface area (Å²) in [4.78, 5) is 16.4. The van der Waals surface area contributed by atoms with Gasteiger partial charge in [0.1, 0.15) is 5.60 Å². The van der Waals surface area contributed by atoms with Crippen molar-refractivity contribution in [3.63, 3.8) is 0 Å². The molecule has 1 amide bonds. The molecule has 1 N–H and O–H groups in total. The topological polar surface area (TPSA) is 56.8 Å². The first-order valence-corrected chi connectivity index (χ1v) is 4.57. The zero-order valence-corrected chi connectivity index (χ0v) is 9.25. The van der Waals surface area contributed by atoms with Gasteiger partial charge in [-0.05, 0) is 13.3 Å². The van der Waals surface area contributed by atoms with Gasteiger partial charge in [0, 0.05) is 14.2 Å². The van der Waals surface area contributed by atoms with Crippen LogP contribution in [0.4, 0.5) is 0 Å². The van der Waals surface area contributed by atoms with E-state index >= 15 is 0 Å². The second-order valence-electron chi connectivity index (χ2n) is 3.06. The van der Waals surface area contributed by atoms with Crippen LogP contribution in [0.15, 0.2) is 0 Å². The first kappa shape index (κ1) is 13.4. The summed E-state index contributed by atoms with van der Waals surface area (Å²) < 4.78 is 9.84. The fourth-order valence-electron chi connectivity index (χ4n) is 0.747. The summed E-state index contributed by atoms with van der Waals surface area (Å²) in [5.41, 5.74) is 1.49. The maximum atomic E-state index is 11.5. The highest BCUT2D eigenvalue weighted by Gasteiger charge is 2.31. The first-order valence-electron chi connectivity index (χ1n) is 4.57. The van der Waals surface area contributed by atoms with Gasteiger partial charge in [0.2, 0.25) is 0 Å². The van der Waals surface area contributed by atoms with Gasteiger partial charge in [-0.15, -0.1) is 0 Å². The van der Waals surface area contributed by atoms with Gasteiger partial charge in [0.05, 0.1) is 13.2 Å². The second kappa shape index (κ2) is 6.75. The molecule has 1 unspecified atom stereocenters. The van der Waals surface area contributed by atoms with E-state index in [2.05, 4.69) is 5.48 Å². The zero-order chi connectivity index (χ0) is 11.0. The minimum Gasteiger partial charge on any atom is -0.382 e. The summed E-state index contributed by atoms with van der Waals surface area (Å²) >= 11 is 0. The van der Waals surface area contributed by atoms with Gasteiger partial charge < -0.3 is 9.47 Å². The Morgan fingerprint density at radius 2 is 2.00 bits per heavy atom. The van der Waals surface area contributed by atoms with Crippen LogP contribution in [-0.2, 0) is 19.1 Å². The van der Waals surface area contributed by atoms with Crippen LogP contribution in [0.25, 0.3) is 0 Å². The molecule has 84 valence electrons. The van der Waals surface area contributed by atoms with Crippen LogP contribution in [0, 0.1) is 0 Å². The lowest BCUT2D eigenvalue weighted by atomic mass is 10.0. The summed E-state index contributed by atoms with van der Waals surface area (Å²) in [6.07, 6.45) is 0.586. The van der Waals surface area contributed by atoms with Gasteiger partial charge >= 0.3 is 0 Å². The number of hydroxylamine groups is 1. The predicted octanol–water partition coefficient (Wildman–Crippen LogP) is 0.496. The minimum absolute atomic E-state index is 0.279. The SMILES string of the molecule is CCC(C)(OC)C(=O)NOCCOC. The van der Waals surface area contributed by atoms with Gasteiger partial charge in [-0.3, -0.25) is 9.63 Å². The van der Waals surface area contributed by atoms with Crippen LogP contribution >= 0.6 is 0 Å². The number of amides is 1. The van der Waals surface area contributed by atoms with Crippen LogP contribution in [0.2, 0.25) is 0 Å². The second-order valence-corrected chi connectivity index (χ2v) is 3.06. The average molecular weight is 205 g/mol. The van der Waals surface area contributed by atoms with Gasteiger partial charge in [0.15, 0.2) is 0 Å². The Morgan fingerprint density at radius 3 is 2.43 bits per heavy atom. The van der Waals surface area contributed by atoms with Crippen molar-refractivity contribution >= 4 is 5.91 Å². The molecule has 5 heteroatoms. The van der Waals surface area contributed by atoms with Gasteiger partial charge in [-0.1, -0.05) is 6.92 Å². The Bertz CT molecular complexity index is 168. The zero-order valence-electron chi connectivity index (χ0n) is 9.25. The van der Waals surface area contributed by atoms with Crippen LogP contribution in [0.1, 0.15) is 20.3 Å². The Kier molecular flexibility index (Phi) is 6.44. The Hall–Kier alpha value is -0.650. The lowest BCUT2D eigenvalue weighted by molar-refractivity contribution is -0.155. The third kappa shape index (κ3) is 4.04. The number of carbonyl (C=O) groups excluding carboxylic acids is 1. The number of hydrogen-bond acceptors (Lipinski definition) is 4. The number of hydrogen-bond donors (Lipinski definition) is 1. The van der Waals surface area contributed by atoms with Crippen LogP contribution in [-0.4, -0.2) is 38.9 Å². The molecule has 0 bridgehead atoms. The number of rotatable bonds is 7. The van der Waals surface area contributed by atoms with Crippen molar-refractivity contribution in [2.24, 2.45) is 0 Å². The molecule has 0 saturated heterocycles. The van der Waals surface area contributed by atoms with E-state index in [-0.39, 0.29) is 5.91 Å². The minimum atomic E-state index is -0.826. The molecular formula is C9H19NO4. The quantitative estimate of drug-likeness (QED) is 0.485. The number of methoxy groups -OCH3 is 2. The highest BCUT2D eigenvalue weighted by molar-refractivity contribution is 5.83. The van der Waals surface area contributed by atoms with Crippen molar-refractivity contribution in [2.75, 3.05) is 27.4 Å². The summed E-state index contributed by atoms with van der Waals surface area (Å²) in [5.74, 6) is -0.279. The van der Waals surface area contributed by atoms with E-state index in [4.69, 9.17) is 14.3 Å². The highest BCUT2D eigenvalue weighted by Crippen LogP contribution is 2.13. The molecule has 0 saturated carbocycles. The monoisotopic (exact) mass is 205 g/mol. The molecule has 5 nitrogen and oxygen atoms in total. The van der Waals surface area contributed by atoms with Gasteiger partial charge in [0.25, 0.3) is 5.91 Å². The Labute approximate surface area is 84.7 Å². The number of carbonyl (C=O) groups is 1. The molecule has 0 heterocycles. The van der Waals surface area contributed by atoms with E-state index in [0.717, 1.165) is 0 Å². The lowest BCUT2D eigenvalue weighted by Crippen LogP contribution is -2.45. The van der Waals surface area contributed by atoms with Crippen molar-refractivity contribution in [1.29, 1.82) is 0 Å². The molecule has 0 aromatic heterocycles. The molecular weight excluding hydrogens is 186 g/mol. The maximum Gasteiger partial charge on any atom is 0.275 e. The predicted molar refractivity (Wildman–Crippen MR) is 51.7 cm³/mol. The smallest absolute Gasteiger partial charge is 0.275 e. The molecule has 14 heavy (non-hydrogen) atoms.